The van der Waals surface area contributed by atoms with Crippen LogP contribution in [0.3, 0.4) is 0 Å². The summed E-state index contributed by atoms with van der Waals surface area (Å²) in [6.07, 6.45) is 4.96. The van der Waals surface area contributed by atoms with Crippen LogP contribution in [0.5, 0.6) is 0 Å². The van der Waals surface area contributed by atoms with Crippen molar-refractivity contribution in [3.8, 4) is 0 Å². The van der Waals surface area contributed by atoms with E-state index in [2.05, 4.69) is 40.9 Å². The molecule has 2 aromatic heterocycles. The zero-order chi connectivity index (χ0) is 16.1. The molecule has 2 aromatic rings. The molecule has 0 aliphatic heterocycles. The molecule has 0 aliphatic rings. The molecule has 2 heterocycles. The van der Waals surface area contributed by atoms with Crippen molar-refractivity contribution in [3.05, 3.63) is 35.0 Å². The highest BCUT2D eigenvalue weighted by atomic mass is 32.2. The van der Waals surface area contributed by atoms with Crippen LogP contribution >= 0.6 is 11.8 Å². The van der Waals surface area contributed by atoms with Gasteiger partial charge in [0.25, 0.3) is 0 Å². The van der Waals surface area contributed by atoms with Gasteiger partial charge in [0, 0.05) is 41.9 Å². The fourth-order valence-corrected chi connectivity index (χ4v) is 2.87. The Hall–Kier alpha value is -1.40. The average molecular weight is 320 g/mol. The Balaban J connectivity index is 1.93. The molecule has 1 unspecified atom stereocenters. The van der Waals surface area contributed by atoms with Gasteiger partial charge in [0.1, 0.15) is 5.76 Å². The first-order valence-corrected chi connectivity index (χ1v) is 8.45. The molecule has 1 atom stereocenters. The minimum Gasteiger partial charge on any atom is -0.361 e. The van der Waals surface area contributed by atoms with Crippen LogP contribution in [0.15, 0.2) is 22.1 Å². The Morgan fingerprint density at radius 2 is 1.91 bits per heavy atom. The second kappa shape index (κ2) is 7.74. The maximum Gasteiger partial charge on any atom is 0.187 e. The predicted molar refractivity (Wildman–Crippen MR) is 88.8 cm³/mol. The molecule has 0 fully saturated rings. The Labute approximate surface area is 136 Å². The fourth-order valence-electron chi connectivity index (χ4n) is 2.11. The standard InChI is InChI=1S/C16H24N4OS/c1-6-11(2)22-16-17-7-14(8-18-16)9-20(5)10-15-12(3)19-21-13(15)4/h7-8,11H,6,9-10H2,1-5H3. The van der Waals surface area contributed by atoms with E-state index in [0.717, 1.165) is 47.2 Å². The van der Waals surface area contributed by atoms with E-state index in [1.807, 2.05) is 26.2 Å². The maximum absolute atomic E-state index is 5.21. The van der Waals surface area contributed by atoms with Crippen molar-refractivity contribution in [3.63, 3.8) is 0 Å². The summed E-state index contributed by atoms with van der Waals surface area (Å²) in [4.78, 5) is 11.1. The minimum absolute atomic E-state index is 0.549. The summed E-state index contributed by atoms with van der Waals surface area (Å²) in [6.45, 7) is 9.91. The number of aromatic nitrogens is 3. The van der Waals surface area contributed by atoms with E-state index in [-0.39, 0.29) is 0 Å². The van der Waals surface area contributed by atoms with E-state index in [9.17, 15) is 0 Å². The van der Waals surface area contributed by atoms with Gasteiger partial charge in [-0.05, 0) is 27.3 Å². The quantitative estimate of drug-likeness (QED) is 0.574. The molecule has 22 heavy (non-hydrogen) atoms. The first-order valence-electron chi connectivity index (χ1n) is 7.57. The third-order valence-electron chi connectivity index (χ3n) is 3.62. The third kappa shape index (κ3) is 4.55. The maximum atomic E-state index is 5.21. The van der Waals surface area contributed by atoms with E-state index in [4.69, 9.17) is 4.52 Å². The van der Waals surface area contributed by atoms with E-state index < -0.39 is 0 Å². The lowest BCUT2D eigenvalue weighted by atomic mass is 10.2. The average Bonchev–Trinajstić information content (AvgIpc) is 2.81. The van der Waals surface area contributed by atoms with Crippen LogP contribution < -0.4 is 0 Å². The van der Waals surface area contributed by atoms with Crippen molar-refractivity contribution >= 4 is 11.8 Å². The second-order valence-corrected chi connectivity index (χ2v) is 7.09. The number of aryl methyl sites for hydroxylation is 2. The van der Waals surface area contributed by atoms with Gasteiger partial charge >= 0.3 is 0 Å². The topological polar surface area (TPSA) is 55.1 Å². The van der Waals surface area contributed by atoms with E-state index in [1.165, 1.54) is 0 Å². The molecule has 0 bridgehead atoms. The summed E-state index contributed by atoms with van der Waals surface area (Å²) < 4.78 is 5.21. The Morgan fingerprint density at radius 1 is 1.23 bits per heavy atom. The lowest BCUT2D eigenvalue weighted by Gasteiger charge is -2.16. The summed E-state index contributed by atoms with van der Waals surface area (Å²) in [5, 5.41) is 5.40. The number of hydrogen-bond donors (Lipinski definition) is 0. The number of hydrogen-bond acceptors (Lipinski definition) is 6. The largest absolute Gasteiger partial charge is 0.361 e. The molecule has 6 heteroatoms. The van der Waals surface area contributed by atoms with E-state index in [1.54, 1.807) is 11.8 Å². The van der Waals surface area contributed by atoms with Crippen molar-refractivity contribution in [1.29, 1.82) is 0 Å². The summed E-state index contributed by atoms with van der Waals surface area (Å²) in [5.74, 6) is 0.890. The second-order valence-electron chi connectivity index (χ2n) is 5.69. The van der Waals surface area contributed by atoms with Crippen LogP contribution in [0.25, 0.3) is 0 Å². The Morgan fingerprint density at radius 3 is 2.45 bits per heavy atom. The zero-order valence-electron chi connectivity index (χ0n) is 14.0. The normalized spacial score (nSPS) is 12.8. The van der Waals surface area contributed by atoms with Crippen molar-refractivity contribution in [2.75, 3.05) is 7.05 Å². The highest BCUT2D eigenvalue weighted by Gasteiger charge is 2.12. The lowest BCUT2D eigenvalue weighted by molar-refractivity contribution is 0.314. The van der Waals surface area contributed by atoms with Crippen LogP contribution in [-0.4, -0.2) is 32.3 Å². The van der Waals surface area contributed by atoms with Crippen LogP contribution in [0.4, 0.5) is 0 Å². The number of thioether (sulfide) groups is 1. The van der Waals surface area contributed by atoms with Gasteiger partial charge in [0.05, 0.1) is 5.69 Å². The lowest BCUT2D eigenvalue weighted by Crippen LogP contribution is -2.18. The molecule has 0 saturated heterocycles. The van der Waals surface area contributed by atoms with Crippen LogP contribution in [0.2, 0.25) is 0 Å². The molecule has 0 spiro atoms. The van der Waals surface area contributed by atoms with Gasteiger partial charge in [-0.15, -0.1) is 0 Å². The Bertz CT molecular complexity index is 577. The molecule has 120 valence electrons. The van der Waals surface area contributed by atoms with Gasteiger partial charge in [-0.25, -0.2) is 9.97 Å². The van der Waals surface area contributed by atoms with Crippen LogP contribution in [0.1, 0.15) is 42.8 Å². The molecule has 0 N–H and O–H groups in total. The zero-order valence-corrected chi connectivity index (χ0v) is 14.8. The van der Waals surface area contributed by atoms with Gasteiger partial charge in [-0.2, -0.15) is 0 Å². The number of rotatable bonds is 7. The van der Waals surface area contributed by atoms with Crippen LogP contribution in [0, 0.1) is 13.8 Å². The molecular formula is C16H24N4OS. The van der Waals surface area contributed by atoms with Crippen molar-refractivity contribution in [1.82, 2.24) is 20.0 Å². The number of nitrogens with zero attached hydrogens (tertiary/aromatic N) is 4. The fraction of sp³-hybridized carbons (Fsp3) is 0.562. The van der Waals surface area contributed by atoms with Gasteiger partial charge in [0.2, 0.25) is 0 Å². The van der Waals surface area contributed by atoms with Gasteiger partial charge < -0.3 is 4.52 Å². The monoisotopic (exact) mass is 320 g/mol. The van der Waals surface area contributed by atoms with Gasteiger partial charge in [0.15, 0.2) is 5.16 Å². The van der Waals surface area contributed by atoms with Crippen molar-refractivity contribution < 1.29 is 4.52 Å². The molecule has 0 aromatic carbocycles. The van der Waals surface area contributed by atoms with Crippen molar-refractivity contribution in [2.24, 2.45) is 0 Å². The summed E-state index contributed by atoms with van der Waals surface area (Å²) in [6, 6.07) is 0. The minimum atomic E-state index is 0.549. The van der Waals surface area contributed by atoms with Gasteiger partial charge in [-0.1, -0.05) is 30.8 Å². The predicted octanol–water partition coefficient (Wildman–Crippen LogP) is 3.60. The molecule has 0 radical (unpaired) electrons. The molecular weight excluding hydrogens is 296 g/mol. The smallest absolute Gasteiger partial charge is 0.187 e. The van der Waals surface area contributed by atoms with Gasteiger partial charge in [-0.3, -0.25) is 4.90 Å². The SMILES string of the molecule is CCC(C)Sc1ncc(CN(C)Cc2c(C)noc2C)cn1. The van der Waals surface area contributed by atoms with Crippen LogP contribution in [-0.2, 0) is 13.1 Å². The molecule has 2 rings (SSSR count). The summed E-state index contributed by atoms with van der Waals surface area (Å²) in [5.41, 5.74) is 3.23. The van der Waals surface area contributed by atoms with Crippen molar-refractivity contribution in [2.45, 2.75) is 57.6 Å². The molecule has 0 amide bonds. The first kappa shape index (κ1) is 17.0. The van der Waals surface area contributed by atoms with E-state index >= 15 is 0 Å². The Kier molecular flexibility index (Phi) is 5.97. The summed E-state index contributed by atoms with van der Waals surface area (Å²) in [7, 11) is 2.08. The highest BCUT2D eigenvalue weighted by molar-refractivity contribution is 7.99. The molecule has 0 aliphatic carbocycles. The first-order chi connectivity index (χ1) is 10.5. The third-order valence-corrected chi connectivity index (χ3v) is 4.78. The highest BCUT2D eigenvalue weighted by Crippen LogP contribution is 2.21. The molecule has 5 nitrogen and oxygen atoms in total. The van der Waals surface area contributed by atoms with E-state index in [0.29, 0.717) is 5.25 Å². The summed E-state index contributed by atoms with van der Waals surface area (Å²) >= 11 is 1.72. The molecule has 0 saturated carbocycles.